The number of anilines is 1. The van der Waals surface area contributed by atoms with Crippen LogP contribution in [-0.2, 0) is 11.2 Å². The molecule has 0 aliphatic carbocycles. The SMILES string of the molecule is CC(Cc1ccc(-c2ncn(-c3ccc(OC(F)(F)F)cc3)n2)cc1)NC(=S)N=C1SCC(=O)N1c1ccc(F)cc1C(C)C. The van der Waals surface area contributed by atoms with E-state index in [0.29, 0.717) is 34.4 Å². The molecule has 5 rings (SSSR count). The summed E-state index contributed by atoms with van der Waals surface area (Å²) in [7, 11) is 0. The molecule has 14 heteroatoms. The largest absolute Gasteiger partial charge is 0.573 e. The number of aromatic nitrogens is 3. The molecular formula is C31H28F4N6O2S2. The molecule has 234 valence electrons. The van der Waals surface area contributed by atoms with Gasteiger partial charge in [-0.1, -0.05) is 49.9 Å². The molecule has 0 spiro atoms. The van der Waals surface area contributed by atoms with Gasteiger partial charge in [0.25, 0.3) is 0 Å². The molecule has 1 aromatic heterocycles. The first kappa shape index (κ1) is 32.1. The highest BCUT2D eigenvalue weighted by molar-refractivity contribution is 8.15. The van der Waals surface area contributed by atoms with Crippen molar-refractivity contribution < 1.29 is 27.1 Å². The van der Waals surface area contributed by atoms with Gasteiger partial charge in [0.2, 0.25) is 5.91 Å². The van der Waals surface area contributed by atoms with Crippen LogP contribution in [0.15, 0.2) is 78.0 Å². The normalized spacial score (nSPS) is 15.2. The summed E-state index contributed by atoms with van der Waals surface area (Å²) in [5, 5.41) is 8.32. The van der Waals surface area contributed by atoms with E-state index in [2.05, 4.69) is 25.1 Å². The minimum Gasteiger partial charge on any atom is -0.406 e. The Morgan fingerprint density at radius 1 is 1.09 bits per heavy atom. The quantitative estimate of drug-likeness (QED) is 0.161. The first-order valence-electron chi connectivity index (χ1n) is 13.9. The minimum atomic E-state index is -4.76. The second-order valence-corrected chi connectivity index (χ2v) is 11.9. The fourth-order valence-corrected chi connectivity index (χ4v) is 5.93. The van der Waals surface area contributed by atoms with Crippen LogP contribution in [0, 0.1) is 5.82 Å². The molecule has 45 heavy (non-hydrogen) atoms. The van der Waals surface area contributed by atoms with Crippen molar-refractivity contribution in [3.05, 3.63) is 90.0 Å². The van der Waals surface area contributed by atoms with Gasteiger partial charge in [-0.05, 0) is 85.1 Å². The zero-order valence-corrected chi connectivity index (χ0v) is 26.0. The summed E-state index contributed by atoms with van der Waals surface area (Å²) in [4.78, 5) is 23.1. The molecule has 1 fully saturated rings. The van der Waals surface area contributed by atoms with E-state index in [1.807, 2.05) is 45.0 Å². The summed E-state index contributed by atoms with van der Waals surface area (Å²) in [6, 6.07) is 17.3. The van der Waals surface area contributed by atoms with Crippen molar-refractivity contribution in [1.29, 1.82) is 0 Å². The molecule has 2 heterocycles. The van der Waals surface area contributed by atoms with Gasteiger partial charge >= 0.3 is 6.36 Å². The van der Waals surface area contributed by atoms with E-state index in [9.17, 15) is 22.4 Å². The topological polar surface area (TPSA) is 84.6 Å². The number of rotatable bonds is 8. The lowest BCUT2D eigenvalue weighted by molar-refractivity contribution is -0.274. The second-order valence-electron chi connectivity index (χ2n) is 10.6. The van der Waals surface area contributed by atoms with E-state index in [1.165, 1.54) is 64.1 Å². The van der Waals surface area contributed by atoms with Crippen LogP contribution in [0.4, 0.5) is 23.2 Å². The van der Waals surface area contributed by atoms with Crippen LogP contribution in [0.1, 0.15) is 37.8 Å². The Morgan fingerprint density at radius 3 is 2.47 bits per heavy atom. The summed E-state index contributed by atoms with van der Waals surface area (Å²) in [5.74, 6) is -0.155. The molecular weight excluding hydrogens is 629 g/mol. The number of halogens is 4. The maximum Gasteiger partial charge on any atom is 0.573 e. The first-order chi connectivity index (χ1) is 21.4. The van der Waals surface area contributed by atoms with Crippen LogP contribution in [0.25, 0.3) is 17.1 Å². The summed E-state index contributed by atoms with van der Waals surface area (Å²) in [5.41, 5.74) is 3.63. The third kappa shape index (κ3) is 8.05. The van der Waals surface area contributed by atoms with Crippen molar-refractivity contribution >= 4 is 45.9 Å². The molecule has 1 aliphatic heterocycles. The average Bonchev–Trinajstić information content (AvgIpc) is 3.60. The van der Waals surface area contributed by atoms with Crippen molar-refractivity contribution in [2.45, 2.75) is 45.5 Å². The first-order valence-corrected chi connectivity index (χ1v) is 15.3. The highest BCUT2D eigenvalue weighted by Gasteiger charge is 2.32. The molecule has 4 aromatic rings. The van der Waals surface area contributed by atoms with Crippen LogP contribution in [-0.4, -0.2) is 49.1 Å². The lowest BCUT2D eigenvalue weighted by Crippen LogP contribution is -2.35. The molecule has 1 unspecified atom stereocenters. The summed E-state index contributed by atoms with van der Waals surface area (Å²) in [6.07, 6.45) is -2.65. The Balaban J connectivity index is 1.20. The number of hydrogen-bond acceptors (Lipinski definition) is 6. The van der Waals surface area contributed by atoms with Gasteiger partial charge in [0, 0.05) is 11.6 Å². The van der Waals surface area contributed by atoms with Crippen molar-refractivity contribution in [2.75, 3.05) is 10.7 Å². The Labute approximate surface area is 266 Å². The van der Waals surface area contributed by atoms with Gasteiger partial charge in [-0.3, -0.25) is 9.69 Å². The van der Waals surface area contributed by atoms with Gasteiger partial charge < -0.3 is 10.1 Å². The Hall–Kier alpha value is -4.30. The molecule has 1 atom stereocenters. The van der Waals surface area contributed by atoms with Gasteiger partial charge in [0.05, 0.1) is 17.1 Å². The lowest BCUT2D eigenvalue weighted by Gasteiger charge is -2.22. The lowest BCUT2D eigenvalue weighted by atomic mass is 10.0. The number of ether oxygens (including phenoxy) is 1. The third-order valence-electron chi connectivity index (χ3n) is 6.77. The standard InChI is InChI=1S/C31H28F4N6O2S2/c1-18(2)25-15-22(32)8-13-26(25)41-27(42)16-45-30(41)38-29(44)37-19(3)14-20-4-6-21(7-5-20)28-36-17-40(39-28)23-9-11-24(12-10-23)43-31(33,34)35/h4-13,15,17-19H,14,16H2,1-3H3,(H,37,44). The minimum absolute atomic E-state index is 0.000770. The Kier molecular flexibility index (Phi) is 9.53. The number of alkyl halides is 3. The second kappa shape index (κ2) is 13.4. The molecule has 1 amide bonds. The molecule has 1 saturated heterocycles. The molecule has 0 saturated carbocycles. The monoisotopic (exact) mass is 656 g/mol. The molecule has 1 N–H and O–H groups in total. The van der Waals surface area contributed by atoms with E-state index >= 15 is 0 Å². The highest BCUT2D eigenvalue weighted by atomic mass is 32.2. The van der Waals surface area contributed by atoms with Gasteiger partial charge in [-0.25, -0.2) is 14.1 Å². The molecule has 1 aliphatic rings. The van der Waals surface area contributed by atoms with E-state index in [-0.39, 0.29) is 40.3 Å². The maximum absolute atomic E-state index is 13.9. The van der Waals surface area contributed by atoms with Crippen molar-refractivity contribution in [3.8, 4) is 22.8 Å². The average molecular weight is 657 g/mol. The van der Waals surface area contributed by atoms with Gasteiger partial charge in [0.1, 0.15) is 17.9 Å². The van der Waals surface area contributed by atoms with E-state index in [4.69, 9.17) is 12.2 Å². The summed E-state index contributed by atoms with van der Waals surface area (Å²) in [6.45, 7) is 5.85. The number of aliphatic imine (C=N–C) groups is 1. The van der Waals surface area contributed by atoms with Crippen molar-refractivity contribution in [2.24, 2.45) is 4.99 Å². The zero-order chi connectivity index (χ0) is 32.3. The Morgan fingerprint density at radius 2 is 1.80 bits per heavy atom. The van der Waals surface area contributed by atoms with Crippen molar-refractivity contribution in [1.82, 2.24) is 20.1 Å². The van der Waals surface area contributed by atoms with Gasteiger partial charge in [-0.2, -0.15) is 4.99 Å². The van der Waals surface area contributed by atoms with Crippen molar-refractivity contribution in [3.63, 3.8) is 0 Å². The van der Waals surface area contributed by atoms with Crippen LogP contribution in [0.5, 0.6) is 5.75 Å². The zero-order valence-electron chi connectivity index (χ0n) is 24.4. The summed E-state index contributed by atoms with van der Waals surface area (Å²) >= 11 is 6.79. The smallest absolute Gasteiger partial charge is 0.406 e. The number of amidine groups is 1. The number of hydrogen-bond donors (Lipinski definition) is 1. The predicted octanol–water partition coefficient (Wildman–Crippen LogP) is 7.04. The Bertz CT molecular complexity index is 1720. The number of thioether (sulfide) groups is 1. The number of thiocarbonyl (C=S) groups is 1. The van der Waals surface area contributed by atoms with Crippen LogP contribution < -0.4 is 15.0 Å². The fourth-order valence-electron chi connectivity index (χ4n) is 4.72. The number of carbonyl (C=O) groups is 1. The third-order valence-corrected chi connectivity index (χ3v) is 7.90. The maximum atomic E-state index is 13.9. The molecule has 0 radical (unpaired) electrons. The number of carbonyl (C=O) groups excluding carboxylic acids is 1. The molecule has 3 aromatic carbocycles. The number of nitrogens with zero attached hydrogens (tertiary/aromatic N) is 5. The van der Waals surface area contributed by atoms with Crippen LogP contribution in [0.2, 0.25) is 0 Å². The number of benzene rings is 3. The van der Waals surface area contributed by atoms with Crippen LogP contribution >= 0.6 is 24.0 Å². The van der Waals surface area contributed by atoms with Gasteiger partial charge in [0.15, 0.2) is 16.1 Å². The number of amides is 1. The molecule has 0 bridgehead atoms. The van der Waals surface area contributed by atoms with E-state index < -0.39 is 6.36 Å². The van der Waals surface area contributed by atoms with E-state index in [0.717, 1.165) is 11.1 Å². The van der Waals surface area contributed by atoms with E-state index in [1.54, 1.807) is 6.07 Å². The molecule has 8 nitrogen and oxygen atoms in total. The van der Waals surface area contributed by atoms with Crippen LogP contribution in [0.3, 0.4) is 0 Å². The van der Waals surface area contributed by atoms with Gasteiger partial charge in [-0.15, -0.1) is 18.3 Å². The predicted molar refractivity (Wildman–Crippen MR) is 170 cm³/mol. The fraction of sp³-hybridized carbons (Fsp3) is 0.258. The highest BCUT2D eigenvalue weighted by Crippen LogP contribution is 2.34. The number of nitrogens with one attached hydrogen (secondary N) is 1. The summed E-state index contributed by atoms with van der Waals surface area (Å²) < 4.78 is 56.6.